The summed E-state index contributed by atoms with van der Waals surface area (Å²) in [7, 11) is 1.55. The fourth-order valence-electron chi connectivity index (χ4n) is 4.50. The van der Waals surface area contributed by atoms with Gasteiger partial charge in [-0.15, -0.1) is 0 Å². The SMILES string of the molecule is CCOC(=O)C(C(=O)O)C(c1ccc(OC)c(OC2Cc3ccccc3C2)c1)C(OCC)OCC. The van der Waals surface area contributed by atoms with Crippen LogP contribution in [-0.4, -0.2) is 56.4 Å². The molecule has 1 aliphatic rings. The fraction of sp³-hybridized carbons (Fsp3) is 0.481. The predicted octanol–water partition coefficient (Wildman–Crippen LogP) is 3.99. The Morgan fingerprint density at radius 1 is 0.943 bits per heavy atom. The van der Waals surface area contributed by atoms with E-state index in [0.29, 0.717) is 17.1 Å². The second kappa shape index (κ2) is 12.6. The molecule has 0 saturated carbocycles. The number of hydrogen-bond acceptors (Lipinski definition) is 7. The van der Waals surface area contributed by atoms with Crippen LogP contribution in [0.3, 0.4) is 0 Å². The van der Waals surface area contributed by atoms with Crippen molar-refractivity contribution in [2.75, 3.05) is 26.9 Å². The van der Waals surface area contributed by atoms with Crippen LogP contribution in [0.4, 0.5) is 0 Å². The first kappa shape index (κ1) is 26.5. The smallest absolute Gasteiger partial charge is 0.321 e. The van der Waals surface area contributed by atoms with Gasteiger partial charge in [0.1, 0.15) is 6.10 Å². The molecule has 35 heavy (non-hydrogen) atoms. The van der Waals surface area contributed by atoms with Gasteiger partial charge in [-0.3, -0.25) is 9.59 Å². The maximum absolute atomic E-state index is 12.8. The lowest BCUT2D eigenvalue weighted by molar-refractivity contribution is -0.181. The lowest BCUT2D eigenvalue weighted by Gasteiger charge is -2.31. The summed E-state index contributed by atoms with van der Waals surface area (Å²) in [6.07, 6.45) is 0.444. The van der Waals surface area contributed by atoms with Crippen molar-refractivity contribution in [2.45, 2.75) is 51.9 Å². The van der Waals surface area contributed by atoms with Crippen LogP contribution < -0.4 is 9.47 Å². The topological polar surface area (TPSA) is 101 Å². The van der Waals surface area contributed by atoms with E-state index in [2.05, 4.69) is 12.1 Å². The van der Waals surface area contributed by atoms with E-state index < -0.39 is 30.1 Å². The Kier molecular flexibility index (Phi) is 9.51. The molecular weight excluding hydrogens is 452 g/mol. The highest BCUT2D eigenvalue weighted by Gasteiger charge is 2.43. The first-order valence-electron chi connectivity index (χ1n) is 12.0. The Hall–Kier alpha value is -3.10. The summed E-state index contributed by atoms with van der Waals surface area (Å²) in [6.45, 7) is 5.80. The summed E-state index contributed by atoms with van der Waals surface area (Å²) in [5, 5.41) is 10.0. The van der Waals surface area contributed by atoms with Crippen molar-refractivity contribution in [3.63, 3.8) is 0 Å². The molecule has 2 aromatic carbocycles. The van der Waals surface area contributed by atoms with Gasteiger partial charge in [0.25, 0.3) is 0 Å². The number of rotatable bonds is 13. The van der Waals surface area contributed by atoms with E-state index in [9.17, 15) is 14.7 Å². The number of hydrogen-bond donors (Lipinski definition) is 1. The first-order valence-corrected chi connectivity index (χ1v) is 12.0. The molecule has 8 heteroatoms. The minimum absolute atomic E-state index is 0.0580. The van der Waals surface area contributed by atoms with Gasteiger partial charge in [-0.2, -0.15) is 0 Å². The molecule has 0 radical (unpaired) electrons. The average molecular weight is 487 g/mol. The lowest BCUT2D eigenvalue weighted by atomic mass is 9.84. The third kappa shape index (κ3) is 6.32. The molecule has 2 aromatic rings. The monoisotopic (exact) mass is 486 g/mol. The fourth-order valence-corrected chi connectivity index (χ4v) is 4.50. The van der Waals surface area contributed by atoms with E-state index in [1.54, 1.807) is 46.1 Å². The largest absolute Gasteiger partial charge is 0.493 e. The summed E-state index contributed by atoms with van der Waals surface area (Å²) in [6, 6.07) is 13.3. The second-order valence-electron chi connectivity index (χ2n) is 8.20. The van der Waals surface area contributed by atoms with Gasteiger partial charge in [-0.25, -0.2) is 0 Å². The van der Waals surface area contributed by atoms with Crippen molar-refractivity contribution in [2.24, 2.45) is 5.92 Å². The number of ether oxygens (including phenoxy) is 5. The number of fused-ring (bicyclic) bond motifs is 1. The zero-order valence-electron chi connectivity index (χ0n) is 20.7. The van der Waals surface area contributed by atoms with Crippen molar-refractivity contribution in [1.29, 1.82) is 0 Å². The van der Waals surface area contributed by atoms with E-state index >= 15 is 0 Å². The summed E-state index contributed by atoms with van der Waals surface area (Å²) in [4.78, 5) is 25.0. The van der Waals surface area contributed by atoms with Crippen LogP contribution >= 0.6 is 0 Å². The summed E-state index contributed by atoms with van der Waals surface area (Å²) in [5.74, 6) is -3.69. The molecule has 0 aliphatic heterocycles. The standard InChI is InChI=1S/C27H34O8/c1-5-32-26(30)24(25(28)29)23(27(33-6-2)34-7-3)19-12-13-21(31-4)22(16-19)35-20-14-17-10-8-9-11-18(17)15-20/h8-13,16,20,23-24,27H,5-7,14-15H2,1-4H3,(H,28,29). The number of carboxylic acids is 1. The number of carbonyl (C=O) groups excluding carboxylic acids is 1. The average Bonchev–Trinajstić information content (AvgIpc) is 3.24. The highest BCUT2D eigenvalue weighted by molar-refractivity contribution is 5.95. The van der Waals surface area contributed by atoms with Crippen LogP contribution in [0.15, 0.2) is 42.5 Å². The molecule has 2 unspecified atom stereocenters. The first-order chi connectivity index (χ1) is 16.9. The van der Waals surface area contributed by atoms with Gasteiger partial charge in [-0.1, -0.05) is 30.3 Å². The molecule has 0 bridgehead atoms. The number of carboxylic acid groups (broad SMARTS) is 1. The molecule has 190 valence electrons. The number of methoxy groups -OCH3 is 1. The lowest BCUT2D eigenvalue weighted by Crippen LogP contribution is -2.40. The molecule has 3 rings (SSSR count). The summed E-state index contributed by atoms with van der Waals surface area (Å²) in [5.41, 5.74) is 3.00. The maximum Gasteiger partial charge on any atom is 0.321 e. The van der Waals surface area contributed by atoms with Gasteiger partial charge in [0.05, 0.1) is 19.6 Å². The van der Waals surface area contributed by atoms with Crippen molar-refractivity contribution in [1.82, 2.24) is 0 Å². The van der Waals surface area contributed by atoms with E-state index in [-0.39, 0.29) is 25.9 Å². The van der Waals surface area contributed by atoms with Crippen LogP contribution in [-0.2, 0) is 36.6 Å². The number of carbonyl (C=O) groups is 2. The summed E-state index contributed by atoms with van der Waals surface area (Å²) < 4.78 is 28.5. The molecule has 8 nitrogen and oxygen atoms in total. The van der Waals surface area contributed by atoms with E-state index in [1.807, 2.05) is 12.1 Å². The van der Waals surface area contributed by atoms with E-state index in [4.69, 9.17) is 23.7 Å². The zero-order chi connectivity index (χ0) is 25.4. The molecule has 1 aliphatic carbocycles. The number of esters is 1. The zero-order valence-corrected chi connectivity index (χ0v) is 20.7. The predicted molar refractivity (Wildman–Crippen MR) is 129 cm³/mol. The Morgan fingerprint density at radius 3 is 2.09 bits per heavy atom. The Bertz CT molecular complexity index is 973. The Labute approximate surface area is 206 Å². The molecule has 0 fully saturated rings. The second-order valence-corrected chi connectivity index (χ2v) is 8.20. The highest BCUT2D eigenvalue weighted by atomic mass is 16.7. The van der Waals surface area contributed by atoms with Crippen molar-refractivity contribution in [3.8, 4) is 11.5 Å². The van der Waals surface area contributed by atoms with Crippen LogP contribution in [0.1, 0.15) is 43.4 Å². The van der Waals surface area contributed by atoms with Gasteiger partial charge >= 0.3 is 11.9 Å². The van der Waals surface area contributed by atoms with Crippen molar-refractivity contribution >= 4 is 11.9 Å². The summed E-state index contributed by atoms with van der Waals surface area (Å²) >= 11 is 0. The van der Waals surface area contributed by atoms with Gasteiger partial charge < -0.3 is 28.8 Å². The molecule has 1 N–H and O–H groups in total. The molecule has 0 saturated heterocycles. The van der Waals surface area contributed by atoms with Crippen LogP contribution in [0.2, 0.25) is 0 Å². The van der Waals surface area contributed by atoms with Gasteiger partial charge in [-0.05, 0) is 49.6 Å². The molecule has 2 atom stereocenters. The van der Waals surface area contributed by atoms with Crippen LogP contribution in [0.25, 0.3) is 0 Å². The maximum atomic E-state index is 12.8. The van der Waals surface area contributed by atoms with Gasteiger partial charge in [0, 0.05) is 26.1 Å². The number of benzene rings is 2. The minimum Gasteiger partial charge on any atom is -0.493 e. The highest BCUT2D eigenvalue weighted by Crippen LogP contribution is 2.39. The Balaban J connectivity index is 2.00. The van der Waals surface area contributed by atoms with Crippen molar-refractivity contribution < 1.29 is 38.4 Å². The molecular formula is C27H34O8. The third-order valence-electron chi connectivity index (χ3n) is 6.00. The minimum atomic E-state index is -1.53. The molecule has 0 aromatic heterocycles. The van der Waals surface area contributed by atoms with E-state index in [1.165, 1.54) is 11.1 Å². The number of aliphatic carboxylic acids is 1. The molecule has 0 spiro atoms. The van der Waals surface area contributed by atoms with Crippen molar-refractivity contribution in [3.05, 3.63) is 59.2 Å². The molecule has 0 amide bonds. The normalized spacial score (nSPS) is 14.9. The van der Waals surface area contributed by atoms with Crippen LogP contribution in [0.5, 0.6) is 11.5 Å². The van der Waals surface area contributed by atoms with Gasteiger partial charge in [0.2, 0.25) is 0 Å². The van der Waals surface area contributed by atoms with E-state index in [0.717, 1.165) is 12.8 Å². The quantitative estimate of drug-likeness (QED) is 0.258. The Morgan fingerprint density at radius 2 is 1.57 bits per heavy atom. The van der Waals surface area contributed by atoms with Gasteiger partial charge in [0.15, 0.2) is 23.7 Å². The third-order valence-corrected chi connectivity index (χ3v) is 6.00. The molecule has 0 heterocycles. The van der Waals surface area contributed by atoms with Crippen LogP contribution in [0, 0.1) is 5.92 Å².